The Labute approximate surface area is 228 Å². The van der Waals surface area contributed by atoms with Gasteiger partial charge >= 0.3 is 5.97 Å². The number of nitrogens with zero attached hydrogens (tertiary/aromatic N) is 3. The van der Waals surface area contributed by atoms with Crippen LogP contribution < -0.4 is 10.4 Å². The van der Waals surface area contributed by atoms with E-state index in [-0.39, 0.29) is 33.5 Å². The summed E-state index contributed by atoms with van der Waals surface area (Å²) in [6.07, 6.45) is 1.67. The molecule has 3 aromatic rings. The number of benzene rings is 3. The van der Waals surface area contributed by atoms with Crippen LogP contribution in [-0.2, 0) is 15.6 Å². The number of carboxylic acid groups (broad SMARTS) is 1. The van der Waals surface area contributed by atoms with Crippen molar-refractivity contribution in [2.45, 2.75) is 51.9 Å². The fraction of sp³-hybridized carbons (Fsp3) is 0.290. The Morgan fingerprint density at radius 3 is 2.38 bits per heavy atom. The first-order chi connectivity index (χ1) is 18.3. The third-order valence-corrected chi connectivity index (χ3v) is 7.25. The monoisotopic (exact) mass is 526 g/mol. The predicted octanol–water partition coefficient (Wildman–Crippen LogP) is 6.20. The van der Waals surface area contributed by atoms with Gasteiger partial charge in [0.25, 0.3) is 0 Å². The fourth-order valence-electron chi connectivity index (χ4n) is 5.51. The van der Waals surface area contributed by atoms with E-state index in [9.17, 15) is 19.8 Å². The lowest BCUT2D eigenvalue weighted by atomic mass is 9.82. The maximum Gasteiger partial charge on any atom is 0.335 e. The Bertz CT molecular complexity index is 1500. The first-order valence-corrected chi connectivity index (χ1v) is 12.7. The summed E-state index contributed by atoms with van der Waals surface area (Å²) in [5.41, 5.74) is 8.28. The number of aromatic hydroxyl groups is 1. The number of hydrazone groups is 2. The predicted molar refractivity (Wildman–Crippen MR) is 156 cm³/mol. The minimum Gasteiger partial charge on any atom is -0.505 e. The van der Waals surface area contributed by atoms with Crippen LogP contribution in [0.25, 0.3) is 11.1 Å². The highest BCUT2D eigenvalue weighted by atomic mass is 16.4. The summed E-state index contributed by atoms with van der Waals surface area (Å²) < 4.78 is 0. The minimum atomic E-state index is -1.06. The average molecular weight is 527 g/mol. The Hall–Kier alpha value is -4.46. The Kier molecular flexibility index (Phi) is 7.33. The molecule has 1 aliphatic rings. The zero-order valence-electron chi connectivity index (χ0n) is 23.1. The third-order valence-electron chi connectivity index (χ3n) is 7.25. The number of para-hydroxylation sites is 1. The van der Waals surface area contributed by atoms with Gasteiger partial charge in [0.15, 0.2) is 6.29 Å². The highest BCUT2D eigenvalue weighted by molar-refractivity contribution is 6.61. The van der Waals surface area contributed by atoms with E-state index in [1.54, 1.807) is 42.3 Å². The first-order valence-electron chi connectivity index (χ1n) is 12.7. The van der Waals surface area contributed by atoms with E-state index < -0.39 is 5.97 Å². The molecule has 0 spiro atoms. The Balaban J connectivity index is 1.57. The lowest BCUT2D eigenvalue weighted by Gasteiger charge is -2.22. The van der Waals surface area contributed by atoms with Crippen LogP contribution in [0, 0.1) is 0 Å². The molecule has 0 atom stereocenters. The molecule has 0 saturated heterocycles. The molecule has 1 aliphatic carbocycles. The normalized spacial score (nSPS) is 15.9. The van der Waals surface area contributed by atoms with Crippen LogP contribution in [0.4, 0.5) is 11.4 Å². The Morgan fingerprint density at radius 2 is 1.69 bits per heavy atom. The molecule has 0 saturated carbocycles. The number of anilines is 2. The van der Waals surface area contributed by atoms with Crippen LogP contribution in [0.1, 0.15) is 62.5 Å². The average Bonchev–Trinajstić information content (AvgIpc) is 3.08. The van der Waals surface area contributed by atoms with Gasteiger partial charge in [0.2, 0.25) is 0 Å². The highest BCUT2D eigenvalue weighted by Gasteiger charge is 2.41. The van der Waals surface area contributed by atoms with Crippen LogP contribution in [-0.4, -0.2) is 40.9 Å². The van der Waals surface area contributed by atoms with Crippen LogP contribution in [0.15, 0.2) is 70.9 Å². The second-order valence-electron chi connectivity index (χ2n) is 11.2. The number of hydrogen-bond acceptors (Lipinski definition) is 7. The molecular weight excluding hydrogens is 492 g/mol. The number of hydrogen-bond donors (Lipinski definition) is 3. The van der Waals surface area contributed by atoms with Gasteiger partial charge in [0, 0.05) is 12.6 Å². The molecule has 0 aromatic heterocycles. The van der Waals surface area contributed by atoms with E-state index in [2.05, 4.69) is 55.5 Å². The molecule has 0 bridgehead atoms. The quantitative estimate of drug-likeness (QED) is 0.139. The number of aldehydes is 1. The molecule has 8 heteroatoms. The van der Waals surface area contributed by atoms with Crippen molar-refractivity contribution >= 4 is 35.1 Å². The number of rotatable bonds is 8. The van der Waals surface area contributed by atoms with Crippen molar-refractivity contribution in [3.8, 4) is 16.9 Å². The van der Waals surface area contributed by atoms with Crippen molar-refractivity contribution < 1.29 is 19.8 Å². The first kappa shape index (κ1) is 27.6. The van der Waals surface area contributed by atoms with E-state index in [1.165, 1.54) is 23.3 Å². The summed E-state index contributed by atoms with van der Waals surface area (Å²) in [6, 6.07) is 17.6. The molecule has 0 radical (unpaired) electrons. The van der Waals surface area contributed by atoms with Gasteiger partial charge in [-0.3, -0.25) is 15.2 Å². The number of fused-ring (bicyclic) bond motifs is 1. The largest absolute Gasteiger partial charge is 0.505 e. The van der Waals surface area contributed by atoms with E-state index in [0.717, 1.165) is 12.1 Å². The van der Waals surface area contributed by atoms with Gasteiger partial charge in [-0.05, 0) is 71.2 Å². The van der Waals surface area contributed by atoms with Gasteiger partial charge in [-0.1, -0.05) is 58.0 Å². The van der Waals surface area contributed by atoms with E-state index >= 15 is 0 Å². The molecule has 3 aromatic carbocycles. The molecule has 39 heavy (non-hydrogen) atoms. The molecule has 8 nitrogen and oxygen atoms in total. The maximum absolute atomic E-state index is 11.9. The van der Waals surface area contributed by atoms with Gasteiger partial charge in [-0.25, -0.2) is 4.79 Å². The van der Waals surface area contributed by atoms with Gasteiger partial charge in [0.05, 0.1) is 22.6 Å². The summed E-state index contributed by atoms with van der Waals surface area (Å²) in [5, 5.41) is 30.6. The molecule has 0 aliphatic heterocycles. The number of carboxylic acids is 1. The molecule has 0 amide bonds. The van der Waals surface area contributed by atoms with Crippen LogP contribution in [0.2, 0.25) is 0 Å². The number of phenols is 1. The molecular formula is C31H34N4O4. The summed E-state index contributed by atoms with van der Waals surface area (Å²) in [6.45, 7) is 10.8. The molecule has 202 valence electrons. The van der Waals surface area contributed by atoms with Crippen LogP contribution >= 0.6 is 0 Å². The number of carbonyl (C=O) groups excluding carboxylic acids is 1. The molecule has 3 N–H and O–H groups in total. The van der Waals surface area contributed by atoms with Crippen molar-refractivity contribution in [2.24, 2.45) is 10.2 Å². The second kappa shape index (κ2) is 10.4. The zero-order valence-corrected chi connectivity index (χ0v) is 23.1. The van der Waals surface area contributed by atoms with Gasteiger partial charge in [-0.15, -0.1) is 0 Å². The highest BCUT2D eigenvalue weighted by Crippen LogP contribution is 2.50. The second-order valence-corrected chi connectivity index (χ2v) is 11.2. The van der Waals surface area contributed by atoms with Gasteiger partial charge < -0.3 is 10.2 Å². The summed E-state index contributed by atoms with van der Waals surface area (Å²) in [7, 11) is 1.83. The SMILES string of the molecule is CC(=N/N(C)c1ccc2c(c1)C(C)(C)CC2(C)C)/C(C=O)=N/Nc1cccc(-c2cccc(C(=O)O)c2)c1O. The van der Waals surface area contributed by atoms with Gasteiger partial charge in [-0.2, -0.15) is 10.2 Å². The lowest BCUT2D eigenvalue weighted by molar-refractivity contribution is -0.102. The molecule has 4 rings (SSSR count). The van der Waals surface area contributed by atoms with Crippen molar-refractivity contribution in [3.05, 3.63) is 77.4 Å². The topological polar surface area (TPSA) is 115 Å². The molecule has 0 fully saturated rings. The Morgan fingerprint density at radius 1 is 1.00 bits per heavy atom. The number of aromatic carboxylic acids is 1. The number of phenolic OH excluding ortho intramolecular Hbond substituents is 1. The van der Waals surface area contributed by atoms with Crippen molar-refractivity contribution in [2.75, 3.05) is 17.5 Å². The summed E-state index contributed by atoms with van der Waals surface area (Å²) in [5.74, 6) is -1.18. The molecule has 0 unspecified atom stereocenters. The minimum absolute atomic E-state index is 0.0548. The van der Waals surface area contributed by atoms with Gasteiger partial charge in [0.1, 0.15) is 11.5 Å². The van der Waals surface area contributed by atoms with E-state index in [0.29, 0.717) is 23.1 Å². The van der Waals surface area contributed by atoms with Crippen molar-refractivity contribution in [1.82, 2.24) is 0 Å². The van der Waals surface area contributed by atoms with Crippen LogP contribution in [0.3, 0.4) is 0 Å². The smallest absolute Gasteiger partial charge is 0.335 e. The third kappa shape index (κ3) is 5.55. The van der Waals surface area contributed by atoms with E-state index in [4.69, 9.17) is 0 Å². The number of carbonyl (C=O) groups is 2. The lowest BCUT2D eigenvalue weighted by Crippen LogP contribution is -2.20. The summed E-state index contributed by atoms with van der Waals surface area (Å²) >= 11 is 0. The zero-order chi connectivity index (χ0) is 28.5. The van der Waals surface area contributed by atoms with E-state index in [1.807, 2.05) is 13.1 Å². The van der Waals surface area contributed by atoms with Crippen molar-refractivity contribution in [3.63, 3.8) is 0 Å². The van der Waals surface area contributed by atoms with Crippen LogP contribution in [0.5, 0.6) is 5.75 Å². The van der Waals surface area contributed by atoms with Crippen molar-refractivity contribution in [1.29, 1.82) is 0 Å². The standard InChI is InChI=1S/C31H34N4O4/c1-19(34-35(6)22-13-14-24-25(16-22)31(4,5)18-30(24,2)3)27(17-36)33-32-26-12-8-11-23(28(26)37)20-9-7-10-21(15-20)29(38)39/h7-17,32,37H,18H2,1-6H3,(H,38,39)/b33-27+,34-19-. The summed E-state index contributed by atoms with van der Waals surface area (Å²) in [4.78, 5) is 23.2. The fourth-order valence-corrected chi connectivity index (χ4v) is 5.51. The number of nitrogens with one attached hydrogen (secondary N) is 1. The maximum atomic E-state index is 11.9. The molecule has 0 heterocycles.